The molecule has 0 spiro atoms. The fourth-order valence-corrected chi connectivity index (χ4v) is 4.65. The Labute approximate surface area is 216 Å². The molecule has 0 bridgehead atoms. The Morgan fingerprint density at radius 3 is 2.43 bits per heavy atom. The van der Waals surface area contributed by atoms with Gasteiger partial charge in [-0.2, -0.15) is 0 Å². The molecular weight excluding hydrogens is 458 g/mol. The lowest BCUT2D eigenvalue weighted by Crippen LogP contribution is -2.42. The monoisotopic (exact) mass is 503 g/mol. The number of ether oxygens (including phenoxy) is 1. The fraction of sp³-hybridized carbons (Fsp3) is 0.621. The zero-order chi connectivity index (χ0) is 26.8. The molecule has 0 aromatic carbocycles. The summed E-state index contributed by atoms with van der Waals surface area (Å²) in [5.74, 6) is -0.138. The third kappa shape index (κ3) is 11.5. The van der Waals surface area contributed by atoms with Crippen LogP contribution in [0.15, 0.2) is 34.8 Å². The molecule has 2 rings (SSSR count). The molecule has 0 saturated carbocycles. The average molecular weight is 504 g/mol. The van der Waals surface area contributed by atoms with E-state index >= 15 is 0 Å². The van der Waals surface area contributed by atoms with Crippen molar-refractivity contribution < 1.29 is 19.4 Å². The molecule has 6 heteroatoms. The molecule has 1 N–H and O–H groups in total. The highest BCUT2D eigenvalue weighted by molar-refractivity contribution is 7.09. The van der Waals surface area contributed by atoms with Gasteiger partial charge in [0.2, 0.25) is 0 Å². The number of hydrogen-bond acceptors (Lipinski definition) is 6. The number of aromatic nitrogens is 1. The van der Waals surface area contributed by atoms with Crippen LogP contribution in [-0.4, -0.2) is 34.6 Å². The summed E-state index contributed by atoms with van der Waals surface area (Å²) in [6, 6.07) is 0. The van der Waals surface area contributed by atoms with Crippen molar-refractivity contribution in [2.45, 2.75) is 87.7 Å². The fourth-order valence-electron chi connectivity index (χ4n) is 4.08. The minimum atomic E-state index is -1.04. The molecule has 1 aliphatic heterocycles. The van der Waals surface area contributed by atoms with Crippen molar-refractivity contribution in [3.05, 3.63) is 45.5 Å². The molecule has 0 saturated heterocycles. The van der Waals surface area contributed by atoms with E-state index in [4.69, 9.17) is 4.74 Å². The Kier molecular flexibility index (Phi) is 12.8. The number of cyclic esters (lactones) is 1. The third-order valence-corrected chi connectivity index (χ3v) is 6.87. The van der Waals surface area contributed by atoms with Gasteiger partial charge in [0.15, 0.2) is 0 Å². The highest BCUT2D eigenvalue weighted by Gasteiger charge is 2.39. The van der Waals surface area contributed by atoms with E-state index < -0.39 is 17.5 Å². The second-order valence-electron chi connectivity index (χ2n) is 10.8. The Hall–Kier alpha value is -2.05. The summed E-state index contributed by atoms with van der Waals surface area (Å²) in [5, 5.41) is 13.6. The molecular formula is C29H45NO4S. The van der Waals surface area contributed by atoms with Gasteiger partial charge >= 0.3 is 5.97 Å². The zero-order valence-corrected chi connectivity index (χ0v) is 23.9. The minimum absolute atomic E-state index is 0.000156. The topological polar surface area (TPSA) is 76.5 Å². The number of aryl methyl sites for hydroxylation is 1. The molecule has 4 atom stereocenters. The first-order chi connectivity index (χ1) is 16.2. The van der Waals surface area contributed by atoms with Gasteiger partial charge in [0.05, 0.1) is 35.2 Å². The number of esters is 1. The quantitative estimate of drug-likeness (QED) is 0.419. The van der Waals surface area contributed by atoms with E-state index in [9.17, 15) is 14.7 Å². The van der Waals surface area contributed by atoms with E-state index in [1.165, 1.54) is 5.57 Å². The lowest BCUT2D eigenvalue weighted by atomic mass is 9.74. The largest absolute Gasteiger partial charge is 0.465 e. The van der Waals surface area contributed by atoms with E-state index in [1.807, 2.05) is 27.7 Å². The van der Waals surface area contributed by atoms with Gasteiger partial charge in [-0.3, -0.25) is 9.59 Å². The number of ketones is 1. The highest BCUT2D eigenvalue weighted by Crippen LogP contribution is 2.31. The molecule has 0 amide bonds. The Balaban J connectivity index is 0.000000507. The molecule has 5 nitrogen and oxygen atoms in total. The van der Waals surface area contributed by atoms with E-state index in [2.05, 4.69) is 55.4 Å². The number of thiazole rings is 1. The summed E-state index contributed by atoms with van der Waals surface area (Å²) in [6.45, 7) is 17.9. The molecule has 0 radical (unpaired) electrons. The third-order valence-electron chi connectivity index (χ3n) is 6.08. The van der Waals surface area contributed by atoms with Crippen molar-refractivity contribution in [2.75, 3.05) is 6.61 Å². The maximum Gasteiger partial charge on any atom is 0.308 e. The number of nitrogens with zero attached hydrogens (tertiary/aromatic N) is 1. The zero-order valence-electron chi connectivity index (χ0n) is 23.1. The van der Waals surface area contributed by atoms with Crippen LogP contribution in [0.4, 0.5) is 0 Å². The lowest BCUT2D eigenvalue weighted by molar-refractivity contribution is -0.151. The van der Waals surface area contributed by atoms with Crippen molar-refractivity contribution in [3.63, 3.8) is 0 Å². The van der Waals surface area contributed by atoms with E-state index in [-0.39, 0.29) is 30.6 Å². The first-order valence-electron chi connectivity index (χ1n) is 12.5. The number of carbonyl (C=O) groups excluding carboxylic acids is 2. The van der Waals surface area contributed by atoms with Crippen LogP contribution in [0.25, 0.3) is 6.08 Å². The molecule has 1 aliphatic rings. The molecule has 35 heavy (non-hydrogen) atoms. The molecule has 0 aliphatic carbocycles. The summed E-state index contributed by atoms with van der Waals surface area (Å²) in [7, 11) is 0. The van der Waals surface area contributed by atoms with Crippen molar-refractivity contribution in [1.82, 2.24) is 4.98 Å². The van der Waals surface area contributed by atoms with E-state index in [1.54, 1.807) is 25.2 Å². The Morgan fingerprint density at radius 2 is 1.86 bits per heavy atom. The van der Waals surface area contributed by atoms with Gasteiger partial charge in [0, 0.05) is 17.2 Å². The first-order valence-corrected chi connectivity index (χ1v) is 13.4. The van der Waals surface area contributed by atoms with Crippen molar-refractivity contribution in [1.29, 1.82) is 0 Å². The van der Waals surface area contributed by atoms with Crippen LogP contribution < -0.4 is 0 Å². The number of hydrogen-bond donors (Lipinski definition) is 1. The minimum Gasteiger partial charge on any atom is -0.465 e. The molecule has 0 fully saturated rings. The Morgan fingerprint density at radius 1 is 1.20 bits per heavy atom. The molecule has 4 unspecified atom stereocenters. The maximum absolute atomic E-state index is 12.8. The van der Waals surface area contributed by atoms with Crippen molar-refractivity contribution in [3.8, 4) is 0 Å². The van der Waals surface area contributed by atoms with Crippen molar-refractivity contribution in [2.24, 2.45) is 23.2 Å². The standard InChI is InChI=1S/C21H34O4.C8H11NS/c1-14-8-7-9-15(2)11-17(4)20(24)21(5,6)18(22)12-19(23)25-13-16(3)10-14;1-6(2)4-8-5-10-7(3)9-8/h7-8,10,15-18,22H,9,11-13H2,1-6H3;4-5H,1-3H3/b8-7+,14-10-;. The lowest BCUT2D eigenvalue weighted by Gasteiger charge is -2.32. The van der Waals surface area contributed by atoms with Crippen molar-refractivity contribution >= 4 is 29.2 Å². The predicted octanol–water partition coefficient (Wildman–Crippen LogP) is 6.96. The normalized spacial score (nSPS) is 28.6. The SMILES string of the molecule is CC(C)=Cc1csc(C)n1.CC1=C/C(C)COC(=O)CC(O)C(C)(C)C(=O)C(C)CC(C)C\C=C\1. The number of allylic oxidation sites excluding steroid dienone is 4. The molecule has 1 aromatic heterocycles. The number of aliphatic hydroxyl groups is 1. The number of rotatable bonds is 1. The van der Waals surface area contributed by atoms with Crippen LogP contribution >= 0.6 is 11.3 Å². The summed E-state index contributed by atoms with van der Waals surface area (Å²) < 4.78 is 5.27. The number of aliphatic hydroxyl groups excluding tert-OH is 1. The maximum atomic E-state index is 12.8. The van der Waals surface area contributed by atoms with Gasteiger partial charge in [-0.15, -0.1) is 11.3 Å². The van der Waals surface area contributed by atoms with Crippen LogP contribution in [-0.2, 0) is 14.3 Å². The second kappa shape index (κ2) is 14.5. The van der Waals surface area contributed by atoms with Crippen LogP contribution in [0, 0.1) is 30.1 Å². The molecule has 196 valence electrons. The summed E-state index contributed by atoms with van der Waals surface area (Å²) in [4.78, 5) is 29.1. The molecule has 2 heterocycles. The van der Waals surface area contributed by atoms with Gasteiger partial charge in [-0.25, -0.2) is 4.98 Å². The molecule has 1 aromatic rings. The van der Waals surface area contributed by atoms with Crippen LogP contribution in [0.1, 0.15) is 85.4 Å². The average Bonchev–Trinajstić information content (AvgIpc) is 3.15. The number of Topliss-reactive ketones (excluding diaryl/α,β-unsaturated/α-hetero) is 1. The Bertz CT molecular complexity index is 921. The van der Waals surface area contributed by atoms with E-state index in [0.29, 0.717) is 5.92 Å². The van der Waals surface area contributed by atoms with Crippen LogP contribution in [0.3, 0.4) is 0 Å². The van der Waals surface area contributed by atoms with Gasteiger partial charge in [-0.05, 0) is 52.5 Å². The van der Waals surface area contributed by atoms with Crippen LogP contribution in [0.5, 0.6) is 0 Å². The first kappa shape index (κ1) is 31.0. The predicted molar refractivity (Wildman–Crippen MR) is 146 cm³/mol. The van der Waals surface area contributed by atoms with Gasteiger partial charge in [0.25, 0.3) is 0 Å². The summed E-state index contributed by atoms with van der Waals surface area (Å²) >= 11 is 1.69. The van der Waals surface area contributed by atoms with Gasteiger partial charge in [0.1, 0.15) is 5.78 Å². The van der Waals surface area contributed by atoms with Gasteiger partial charge < -0.3 is 9.84 Å². The highest BCUT2D eigenvalue weighted by atomic mass is 32.1. The summed E-state index contributed by atoms with van der Waals surface area (Å²) in [5.41, 5.74) is 2.55. The van der Waals surface area contributed by atoms with E-state index in [0.717, 1.165) is 29.1 Å². The van der Waals surface area contributed by atoms with Gasteiger partial charge in [-0.1, -0.05) is 64.0 Å². The second-order valence-corrected chi connectivity index (χ2v) is 11.8. The smallest absolute Gasteiger partial charge is 0.308 e. The van der Waals surface area contributed by atoms with Crippen LogP contribution in [0.2, 0.25) is 0 Å². The summed E-state index contributed by atoms with van der Waals surface area (Å²) in [6.07, 6.45) is 8.87. The number of carbonyl (C=O) groups is 2.